The number of hydrogen-bond acceptors (Lipinski definition) is 5. The van der Waals surface area contributed by atoms with Crippen LogP contribution >= 0.6 is 0 Å². The van der Waals surface area contributed by atoms with E-state index in [-0.39, 0.29) is 24.1 Å². The van der Waals surface area contributed by atoms with Crippen LogP contribution in [-0.4, -0.2) is 45.2 Å². The molecular weight excluding hydrogens is 368 g/mol. The molecule has 0 saturated heterocycles. The van der Waals surface area contributed by atoms with Crippen molar-refractivity contribution in [2.24, 2.45) is 35.0 Å². The maximum Gasteiger partial charge on any atom is 0.332 e. The van der Waals surface area contributed by atoms with Crippen LogP contribution in [0.25, 0.3) is 0 Å². The lowest BCUT2D eigenvalue weighted by molar-refractivity contribution is -0.216. The molecule has 8 unspecified atom stereocenters. The van der Waals surface area contributed by atoms with Gasteiger partial charge >= 0.3 is 5.97 Å². The lowest BCUT2D eigenvalue weighted by atomic mass is 9.43. The normalized spacial score (nSPS) is 62.5. The predicted molar refractivity (Wildman–Crippen MR) is 104 cm³/mol. The first-order chi connectivity index (χ1) is 13.7. The molecule has 5 heteroatoms. The third-order valence-corrected chi connectivity index (χ3v) is 11.1. The second kappa shape index (κ2) is 5.05. The molecule has 9 saturated carbocycles. The van der Waals surface area contributed by atoms with Crippen molar-refractivity contribution >= 4 is 5.97 Å². The highest BCUT2D eigenvalue weighted by Gasteiger charge is 2.73. The molecule has 0 aromatic carbocycles. The minimum Gasteiger partial charge on any atom is -0.457 e. The van der Waals surface area contributed by atoms with Crippen LogP contribution in [0.4, 0.5) is 0 Å². The first kappa shape index (κ1) is 18.0. The lowest BCUT2D eigenvalue weighted by Gasteiger charge is -2.63. The summed E-state index contributed by atoms with van der Waals surface area (Å²) in [7, 11) is 0. The maximum absolute atomic E-state index is 13.0. The van der Waals surface area contributed by atoms with E-state index in [1.807, 2.05) is 0 Å². The zero-order valence-electron chi connectivity index (χ0n) is 17.5. The first-order valence-corrected chi connectivity index (χ1v) is 12.0. The molecule has 0 aromatic heterocycles. The van der Waals surface area contributed by atoms with Gasteiger partial charge in [-0.1, -0.05) is 6.92 Å². The van der Waals surface area contributed by atoms with Gasteiger partial charge in [-0.15, -0.1) is 0 Å². The summed E-state index contributed by atoms with van der Waals surface area (Å²) in [5, 5.41) is 21.5. The summed E-state index contributed by atoms with van der Waals surface area (Å²) in [5.74, 6) is 2.78. The van der Waals surface area contributed by atoms with E-state index in [9.17, 15) is 15.0 Å². The van der Waals surface area contributed by atoms with Gasteiger partial charge in [-0.25, -0.2) is 4.79 Å². The van der Waals surface area contributed by atoms with E-state index >= 15 is 0 Å². The number of ether oxygens (including phenoxy) is 2. The summed E-state index contributed by atoms with van der Waals surface area (Å²) in [4.78, 5) is 13.0. The van der Waals surface area contributed by atoms with Gasteiger partial charge in [0.25, 0.3) is 0 Å². The van der Waals surface area contributed by atoms with Crippen molar-refractivity contribution in [3.05, 3.63) is 0 Å². The van der Waals surface area contributed by atoms with Gasteiger partial charge in [0.05, 0.1) is 16.8 Å². The summed E-state index contributed by atoms with van der Waals surface area (Å²) in [6.45, 7) is 2.16. The maximum atomic E-state index is 13.0. The van der Waals surface area contributed by atoms with Crippen molar-refractivity contribution in [3.63, 3.8) is 0 Å². The summed E-state index contributed by atoms with van der Waals surface area (Å²) in [5.41, 5.74) is -1.84. The molecule has 9 aliphatic rings. The molecule has 8 atom stereocenters. The van der Waals surface area contributed by atoms with Crippen LogP contribution in [0.2, 0.25) is 0 Å². The summed E-state index contributed by atoms with van der Waals surface area (Å²) in [6.07, 6.45) is 10.3. The molecule has 9 fully saturated rings. The smallest absolute Gasteiger partial charge is 0.332 e. The molecule has 9 aliphatic carbocycles. The van der Waals surface area contributed by atoms with Gasteiger partial charge in [-0.05, 0) is 86.4 Å². The van der Waals surface area contributed by atoms with Crippen LogP contribution in [0.15, 0.2) is 0 Å². The fourth-order valence-electron chi connectivity index (χ4n) is 10.6. The SMILES string of the molecule is CCC1(OC(=O)COC23CC4(O)CC2CC(O)(C4)C3)C2CC3CC4(C2)CC1CC34. The highest BCUT2D eigenvalue weighted by Crippen LogP contribution is 2.77. The Morgan fingerprint density at radius 2 is 1.62 bits per heavy atom. The van der Waals surface area contributed by atoms with Gasteiger partial charge in [0.2, 0.25) is 0 Å². The molecule has 29 heavy (non-hydrogen) atoms. The van der Waals surface area contributed by atoms with Crippen LogP contribution in [0, 0.1) is 35.0 Å². The van der Waals surface area contributed by atoms with E-state index in [0.29, 0.717) is 49.4 Å². The van der Waals surface area contributed by atoms with Crippen LogP contribution in [0.3, 0.4) is 0 Å². The highest BCUT2D eigenvalue weighted by molar-refractivity contribution is 5.71. The largest absolute Gasteiger partial charge is 0.457 e. The summed E-state index contributed by atoms with van der Waals surface area (Å²) in [6, 6.07) is 0. The Bertz CT molecular complexity index is 772. The Kier molecular flexibility index (Phi) is 3.13. The molecule has 160 valence electrons. The average molecular weight is 403 g/mol. The molecule has 8 bridgehead atoms. The van der Waals surface area contributed by atoms with Crippen LogP contribution < -0.4 is 0 Å². The van der Waals surface area contributed by atoms with Gasteiger partial charge in [0, 0.05) is 19.3 Å². The molecule has 0 radical (unpaired) electrons. The van der Waals surface area contributed by atoms with Crippen molar-refractivity contribution in [2.45, 2.75) is 100.0 Å². The molecule has 9 rings (SSSR count). The Morgan fingerprint density at radius 1 is 0.931 bits per heavy atom. The number of hydrogen-bond donors (Lipinski definition) is 2. The fourth-order valence-corrected chi connectivity index (χ4v) is 10.6. The molecule has 0 aliphatic heterocycles. The monoisotopic (exact) mass is 402 g/mol. The quantitative estimate of drug-likeness (QED) is 0.692. The predicted octanol–water partition coefficient (Wildman–Crippen LogP) is 2.96. The van der Waals surface area contributed by atoms with Gasteiger partial charge < -0.3 is 19.7 Å². The minimum absolute atomic E-state index is 0.0398. The van der Waals surface area contributed by atoms with Gasteiger partial charge in [0.15, 0.2) is 0 Å². The van der Waals surface area contributed by atoms with Gasteiger partial charge in [0.1, 0.15) is 12.2 Å². The molecule has 5 nitrogen and oxygen atoms in total. The van der Waals surface area contributed by atoms with Gasteiger partial charge in [-0.3, -0.25) is 0 Å². The molecular formula is C24H34O5. The van der Waals surface area contributed by atoms with E-state index in [1.54, 1.807) is 0 Å². The number of esters is 1. The summed E-state index contributed by atoms with van der Waals surface area (Å²) >= 11 is 0. The zero-order valence-corrected chi connectivity index (χ0v) is 17.5. The van der Waals surface area contributed by atoms with E-state index in [1.165, 1.54) is 32.1 Å². The number of carbonyl (C=O) groups excluding carboxylic acids is 1. The van der Waals surface area contributed by atoms with Crippen LogP contribution in [0.1, 0.15) is 77.6 Å². The molecule has 2 N–H and O–H groups in total. The van der Waals surface area contributed by atoms with Crippen molar-refractivity contribution in [3.8, 4) is 0 Å². The molecule has 0 amide bonds. The number of fused-ring (bicyclic) bond motifs is 1. The van der Waals surface area contributed by atoms with E-state index in [4.69, 9.17) is 9.47 Å². The Morgan fingerprint density at radius 3 is 2.31 bits per heavy atom. The third kappa shape index (κ3) is 2.06. The Hall–Kier alpha value is -0.650. The van der Waals surface area contributed by atoms with E-state index in [0.717, 1.165) is 18.3 Å². The lowest BCUT2D eigenvalue weighted by Crippen LogP contribution is -2.60. The second-order valence-corrected chi connectivity index (χ2v) is 12.4. The Balaban J connectivity index is 1.08. The number of carbonyl (C=O) groups is 1. The second-order valence-electron chi connectivity index (χ2n) is 12.4. The van der Waals surface area contributed by atoms with Crippen LogP contribution in [0.5, 0.6) is 0 Å². The molecule has 0 aromatic rings. The molecule has 1 spiro atoms. The van der Waals surface area contributed by atoms with E-state index in [2.05, 4.69) is 6.92 Å². The van der Waals surface area contributed by atoms with Crippen molar-refractivity contribution in [2.75, 3.05) is 6.61 Å². The fraction of sp³-hybridized carbons (Fsp3) is 0.958. The van der Waals surface area contributed by atoms with Crippen molar-refractivity contribution < 1.29 is 24.5 Å². The standard InChI is InChI=1S/C24H34O5/c1-2-24(15-3-14-5-20(6-15)7-16(24)4-18(14)20)29-19(25)10-28-23-12-21(26)8-17(23)9-22(27,11-21)13-23/h14-18,26-27H,2-13H2,1H3. The minimum atomic E-state index is -0.814. The first-order valence-electron chi connectivity index (χ1n) is 12.0. The Labute approximate surface area is 172 Å². The van der Waals surface area contributed by atoms with Crippen LogP contribution in [-0.2, 0) is 14.3 Å². The number of rotatable bonds is 5. The van der Waals surface area contributed by atoms with Crippen molar-refractivity contribution in [1.82, 2.24) is 0 Å². The van der Waals surface area contributed by atoms with E-state index < -0.39 is 16.8 Å². The topological polar surface area (TPSA) is 76.0 Å². The third-order valence-electron chi connectivity index (χ3n) is 11.1. The average Bonchev–Trinajstić information content (AvgIpc) is 3.09. The zero-order chi connectivity index (χ0) is 19.9. The number of aliphatic hydroxyl groups is 2. The summed E-state index contributed by atoms with van der Waals surface area (Å²) < 4.78 is 12.6. The highest BCUT2D eigenvalue weighted by atomic mass is 16.6. The van der Waals surface area contributed by atoms with Gasteiger partial charge in [-0.2, -0.15) is 0 Å². The molecule has 0 heterocycles. The van der Waals surface area contributed by atoms with Crippen molar-refractivity contribution in [1.29, 1.82) is 0 Å².